The third-order valence-corrected chi connectivity index (χ3v) is 2.30. The van der Waals surface area contributed by atoms with Crippen molar-refractivity contribution in [3.63, 3.8) is 0 Å². The second-order valence-corrected chi connectivity index (χ2v) is 3.59. The van der Waals surface area contributed by atoms with Crippen molar-refractivity contribution in [2.45, 2.75) is 6.61 Å². The first-order valence-corrected chi connectivity index (χ1v) is 5.22. The Balaban J connectivity index is 2.31. The second-order valence-electron chi connectivity index (χ2n) is 3.59. The summed E-state index contributed by atoms with van der Waals surface area (Å²) in [6.45, 7) is 0.720. The van der Waals surface area contributed by atoms with E-state index in [4.69, 9.17) is 19.7 Å². The molecule has 1 aromatic carbocycles. The summed E-state index contributed by atoms with van der Waals surface area (Å²) in [6, 6.07) is 7.58. The Kier molecular flexibility index (Phi) is 5.85. The summed E-state index contributed by atoms with van der Waals surface area (Å²) in [5.41, 5.74) is 1.04. The fourth-order valence-corrected chi connectivity index (χ4v) is 1.23. The maximum Gasteiger partial charge on any atom is 0.118 e. The van der Waals surface area contributed by atoms with Crippen molar-refractivity contribution >= 4 is 0 Å². The molecular weight excluding hydrogens is 208 g/mol. The van der Waals surface area contributed by atoms with Gasteiger partial charge in [0.2, 0.25) is 0 Å². The standard InChI is InChI=1S/C12H18O4/c1-15-12-4-2-10(3-5-12)8-16-9-11(6-13)7-14/h2-5,11,13-14H,6-9H2,1H3. The Hall–Kier alpha value is -1.10. The molecule has 0 spiro atoms. The van der Waals surface area contributed by atoms with E-state index in [1.807, 2.05) is 24.3 Å². The molecule has 0 unspecified atom stereocenters. The lowest BCUT2D eigenvalue weighted by Gasteiger charge is -2.11. The summed E-state index contributed by atoms with van der Waals surface area (Å²) < 4.78 is 10.4. The lowest BCUT2D eigenvalue weighted by molar-refractivity contribution is 0.0372. The van der Waals surface area contributed by atoms with Crippen LogP contribution < -0.4 is 4.74 Å². The molecule has 0 heterocycles. The van der Waals surface area contributed by atoms with Crippen LogP contribution in [0.2, 0.25) is 0 Å². The van der Waals surface area contributed by atoms with Crippen LogP contribution in [-0.2, 0) is 11.3 Å². The first-order chi connectivity index (χ1) is 7.80. The van der Waals surface area contributed by atoms with Gasteiger partial charge < -0.3 is 19.7 Å². The van der Waals surface area contributed by atoms with Crippen LogP contribution in [0.1, 0.15) is 5.56 Å². The number of ether oxygens (including phenoxy) is 2. The van der Waals surface area contributed by atoms with Crippen molar-refractivity contribution in [3.8, 4) is 5.75 Å². The molecule has 16 heavy (non-hydrogen) atoms. The molecule has 0 radical (unpaired) electrons. The summed E-state index contributed by atoms with van der Waals surface area (Å²) in [5, 5.41) is 17.7. The van der Waals surface area contributed by atoms with Crippen molar-refractivity contribution in [2.24, 2.45) is 5.92 Å². The summed E-state index contributed by atoms with van der Waals surface area (Å²) in [6.07, 6.45) is 0. The molecule has 0 aliphatic rings. The van der Waals surface area contributed by atoms with E-state index in [0.29, 0.717) is 13.2 Å². The van der Waals surface area contributed by atoms with Gasteiger partial charge in [0, 0.05) is 5.92 Å². The minimum Gasteiger partial charge on any atom is -0.497 e. The number of aliphatic hydroxyl groups excluding tert-OH is 2. The van der Waals surface area contributed by atoms with Gasteiger partial charge in [-0.15, -0.1) is 0 Å². The van der Waals surface area contributed by atoms with Crippen molar-refractivity contribution in [2.75, 3.05) is 26.9 Å². The molecule has 0 aliphatic carbocycles. The molecule has 90 valence electrons. The fourth-order valence-electron chi connectivity index (χ4n) is 1.23. The van der Waals surface area contributed by atoms with Gasteiger partial charge in [-0.3, -0.25) is 0 Å². The Morgan fingerprint density at radius 2 is 1.75 bits per heavy atom. The molecule has 1 rings (SSSR count). The normalized spacial score (nSPS) is 10.8. The SMILES string of the molecule is COc1ccc(COCC(CO)CO)cc1. The largest absolute Gasteiger partial charge is 0.497 e. The highest BCUT2D eigenvalue weighted by molar-refractivity contribution is 5.26. The van der Waals surface area contributed by atoms with Crippen LogP contribution >= 0.6 is 0 Å². The smallest absolute Gasteiger partial charge is 0.118 e. The van der Waals surface area contributed by atoms with Crippen LogP contribution in [0.3, 0.4) is 0 Å². The average Bonchev–Trinajstić information content (AvgIpc) is 2.35. The molecule has 0 atom stereocenters. The summed E-state index contributed by atoms with van der Waals surface area (Å²) in [4.78, 5) is 0. The Labute approximate surface area is 95.4 Å². The van der Waals surface area contributed by atoms with E-state index in [1.165, 1.54) is 0 Å². The second kappa shape index (κ2) is 7.22. The lowest BCUT2D eigenvalue weighted by Crippen LogP contribution is -2.17. The minimum atomic E-state index is -0.196. The van der Waals surface area contributed by atoms with Gasteiger partial charge in [0.05, 0.1) is 33.5 Å². The Morgan fingerprint density at radius 1 is 1.12 bits per heavy atom. The van der Waals surface area contributed by atoms with Crippen molar-refractivity contribution in [1.82, 2.24) is 0 Å². The average molecular weight is 226 g/mol. The molecular formula is C12H18O4. The van der Waals surface area contributed by atoms with E-state index in [-0.39, 0.29) is 19.1 Å². The minimum absolute atomic E-state index is 0.0564. The molecule has 1 aromatic rings. The van der Waals surface area contributed by atoms with E-state index < -0.39 is 0 Å². The van der Waals surface area contributed by atoms with Crippen LogP contribution in [0.15, 0.2) is 24.3 Å². The van der Waals surface area contributed by atoms with Crippen molar-refractivity contribution in [1.29, 1.82) is 0 Å². The van der Waals surface area contributed by atoms with Crippen molar-refractivity contribution < 1.29 is 19.7 Å². The third kappa shape index (κ3) is 4.18. The monoisotopic (exact) mass is 226 g/mol. The number of hydrogen-bond donors (Lipinski definition) is 2. The van der Waals surface area contributed by atoms with Gasteiger partial charge in [-0.05, 0) is 17.7 Å². The first-order valence-electron chi connectivity index (χ1n) is 5.22. The lowest BCUT2D eigenvalue weighted by atomic mass is 10.2. The van der Waals surface area contributed by atoms with Crippen LogP contribution in [-0.4, -0.2) is 37.1 Å². The van der Waals surface area contributed by atoms with Gasteiger partial charge in [0.15, 0.2) is 0 Å². The predicted octanol–water partition coefficient (Wildman–Crippen LogP) is 0.813. The molecule has 0 amide bonds. The van der Waals surface area contributed by atoms with Crippen LogP contribution in [0, 0.1) is 5.92 Å². The molecule has 4 nitrogen and oxygen atoms in total. The van der Waals surface area contributed by atoms with Gasteiger partial charge in [0.25, 0.3) is 0 Å². The first kappa shape index (κ1) is 13.0. The van der Waals surface area contributed by atoms with Crippen LogP contribution in [0.5, 0.6) is 5.75 Å². The molecule has 2 N–H and O–H groups in total. The Morgan fingerprint density at radius 3 is 2.25 bits per heavy atom. The molecule has 0 fully saturated rings. The van der Waals surface area contributed by atoms with Gasteiger partial charge in [0.1, 0.15) is 5.75 Å². The fraction of sp³-hybridized carbons (Fsp3) is 0.500. The maximum atomic E-state index is 8.83. The molecule has 0 saturated heterocycles. The maximum absolute atomic E-state index is 8.83. The van der Waals surface area contributed by atoms with E-state index >= 15 is 0 Å². The Bertz CT molecular complexity index is 280. The molecule has 0 saturated carbocycles. The summed E-state index contributed by atoms with van der Waals surface area (Å²) >= 11 is 0. The quantitative estimate of drug-likeness (QED) is 0.722. The molecule has 0 aromatic heterocycles. The number of rotatable bonds is 7. The topological polar surface area (TPSA) is 58.9 Å². The highest BCUT2D eigenvalue weighted by atomic mass is 16.5. The highest BCUT2D eigenvalue weighted by Crippen LogP contribution is 2.12. The van der Waals surface area contributed by atoms with Gasteiger partial charge >= 0.3 is 0 Å². The number of hydrogen-bond acceptors (Lipinski definition) is 4. The summed E-state index contributed by atoms with van der Waals surface area (Å²) in [5.74, 6) is 0.616. The zero-order chi connectivity index (χ0) is 11.8. The van der Waals surface area contributed by atoms with Gasteiger partial charge in [-0.2, -0.15) is 0 Å². The highest BCUT2D eigenvalue weighted by Gasteiger charge is 2.05. The number of benzene rings is 1. The predicted molar refractivity (Wildman–Crippen MR) is 60.3 cm³/mol. The number of aliphatic hydroxyl groups is 2. The van der Waals surface area contributed by atoms with E-state index in [0.717, 1.165) is 11.3 Å². The van der Waals surface area contributed by atoms with E-state index in [9.17, 15) is 0 Å². The third-order valence-electron chi connectivity index (χ3n) is 2.30. The molecule has 0 bridgehead atoms. The number of methoxy groups -OCH3 is 1. The van der Waals surface area contributed by atoms with E-state index in [1.54, 1.807) is 7.11 Å². The van der Waals surface area contributed by atoms with Gasteiger partial charge in [-0.25, -0.2) is 0 Å². The molecule has 4 heteroatoms. The van der Waals surface area contributed by atoms with Crippen LogP contribution in [0.4, 0.5) is 0 Å². The van der Waals surface area contributed by atoms with E-state index in [2.05, 4.69) is 0 Å². The van der Waals surface area contributed by atoms with Crippen LogP contribution in [0.25, 0.3) is 0 Å². The van der Waals surface area contributed by atoms with Crippen molar-refractivity contribution in [3.05, 3.63) is 29.8 Å². The zero-order valence-electron chi connectivity index (χ0n) is 9.43. The van der Waals surface area contributed by atoms with Gasteiger partial charge in [-0.1, -0.05) is 12.1 Å². The zero-order valence-corrected chi connectivity index (χ0v) is 9.43. The summed E-state index contributed by atoms with van der Waals surface area (Å²) in [7, 11) is 1.62. The molecule has 0 aliphatic heterocycles.